The minimum Gasteiger partial charge on any atom is -0.258 e. The smallest absolute Gasteiger partial charge is 0.258 e. The molecule has 0 aromatic heterocycles. The average Bonchev–Trinajstić information content (AvgIpc) is 2.55. The Morgan fingerprint density at radius 2 is 1.18 bits per heavy atom. The first-order valence-corrected chi connectivity index (χ1v) is 7.55. The van der Waals surface area contributed by atoms with E-state index in [0.29, 0.717) is 11.1 Å². The van der Waals surface area contributed by atoms with Gasteiger partial charge in [0.1, 0.15) is 0 Å². The van der Waals surface area contributed by atoms with E-state index in [9.17, 15) is 10.1 Å². The molecule has 0 unspecified atom stereocenters. The maximum atomic E-state index is 11.7. The molecule has 0 atom stereocenters. The van der Waals surface area contributed by atoms with Crippen molar-refractivity contribution in [2.45, 2.75) is 0 Å². The van der Waals surface area contributed by atoms with Gasteiger partial charge in [-0.15, -0.1) is 0 Å². The van der Waals surface area contributed by atoms with Crippen LogP contribution in [0.25, 0.3) is 22.3 Å². The van der Waals surface area contributed by atoms with Crippen molar-refractivity contribution >= 4 is 21.6 Å². The van der Waals surface area contributed by atoms with Crippen molar-refractivity contribution in [3.63, 3.8) is 0 Å². The third-order valence-corrected chi connectivity index (χ3v) is 3.88. The molecule has 0 saturated heterocycles. The van der Waals surface area contributed by atoms with Gasteiger partial charge in [-0.3, -0.25) is 10.1 Å². The quantitative estimate of drug-likeness (QED) is 0.448. The number of halogens is 1. The van der Waals surface area contributed by atoms with Gasteiger partial charge in [0.2, 0.25) is 0 Å². The van der Waals surface area contributed by atoms with Crippen molar-refractivity contribution < 1.29 is 4.92 Å². The van der Waals surface area contributed by atoms with Crippen molar-refractivity contribution in [3.8, 4) is 22.3 Å². The lowest BCUT2D eigenvalue weighted by Gasteiger charge is -2.10. The Balaban J connectivity index is 2.32. The van der Waals surface area contributed by atoms with Crippen LogP contribution in [0, 0.1) is 10.1 Å². The molecule has 3 aromatic carbocycles. The molecular weight excluding hydrogens is 342 g/mol. The molecule has 0 aliphatic rings. The molecule has 4 heteroatoms. The Hall–Kier alpha value is -2.46. The van der Waals surface area contributed by atoms with Gasteiger partial charge in [0.15, 0.2) is 0 Å². The Labute approximate surface area is 136 Å². The summed E-state index contributed by atoms with van der Waals surface area (Å²) in [5.74, 6) is 0. The molecule has 0 amide bonds. The Morgan fingerprint density at radius 3 is 1.55 bits per heavy atom. The van der Waals surface area contributed by atoms with Gasteiger partial charge in [0.05, 0.1) is 16.1 Å². The largest absolute Gasteiger partial charge is 0.285 e. The van der Waals surface area contributed by atoms with Gasteiger partial charge in [-0.1, -0.05) is 76.6 Å². The fraction of sp³-hybridized carbons (Fsp3) is 0. The minimum absolute atomic E-state index is 0.126. The van der Waals surface area contributed by atoms with Crippen LogP contribution in [0.1, 0.15) is 0 Å². The van der Waals surface area contributed by atoms with Gasteiger partial charge in [0.25, 0.3) is 5.69 Å². The van der Waals surface area contributed by atoms with Crippen LogP contribution in [0.5, 0.6) is 0 Å². The molecule has 0 saturated carbocycles. The topological polar surface area (TPSA) is 43.1 Å². The molecule has 0 aliphatic carbocycles. The first-order valence-electron chi connectivity index (χ1n) is 6.75. The van der Waals surface area contributed by atoms with E-state index >= 15 is 0 Å². The molecule has 0 fully saturated rings. The molecule has 0 radical (unpaired) electrons. The lowest BCUT2D eigenvalue weighted by molar-refractivity contribution is -0.383. The molecule has 3 nitrogen and oxygen atoms in total. The van der Waals surface area contributed by atoms with E-state index in [-0.39, 0.29) is 10.6 Å². The van der Waals surface area contributed by atoms with Crippen LogP contribution in [0.15, 0.2) is 77.3 Å². The molecule has 0 heterocycles. The Kier molecular flexibility index (Phi) is 4.02. The highest BCUT2D eigenvalue weighted by molar-refractivity contribution is 9.10. The summed E-state index contributed by atoms with van der Waals surface area (Å²) in [4.78, 5) is 11.4. The van der Waals surface area contributed by atoms with Gasteiger partial charge in [-0.25, -0.2) is 0 Å². The van der Waals surface area contributed by atoms with E-state index in [1.54, 1.807) is 12.1 Å². The summed E-state index contributed by atoms with van der Waals surface area (Å²) in [5.41, 5.74) is 3.00. The Bertz CT molecular complexity index is 757. The first kappa shape index (κ1) is 14.5. The zero-order valence-electron chi connectivity index (χ0n) is 11.6. The molecule has 0 N–H and O–H groups in total. The standard InChI is InChI=1S/C18H12BrNO2/c19-15-11-16(13-7-3-1-4-8-13)18(20(21)22)17(12-15)14-9-5-2-6-10-14/h1-12H. The van der Waals surface area contributed by atoms with Crippen LogP contribution < -0.4 is 0 Å². The predicted molar refractivity (Wildman–Crippen MR) is 91.7 cm³/mol. The number of nitro groups is 1. The first-order chi connectivity index (χ1) is 10.7. The fourth-order valence-electron chi connectivity index (χ4n) is 2.47. The molecule has 0 aliphatic heterocycles. The number of hydrogen-bond donors (Lipinski definition) is 0. The number of rotatable bonds is 3. The lowest BCUT2D eigenvalue weighted by Crippen LogP contribution is -1.96. The van der Waals surface area contributed by atoms with Gasteiger partial charge in [-0.05, 0) is 23.3 Å². The zero-order chi connectivity index (χ0) is 15.5. The summed E-state index contributed by atoms with van der Waals surface area (Å²) < 4.78 is 0.816. The number of hydrogen-bond acceptors (Lipinski definition) is 2. The predicted octanol–water partition coefficient (Wildman–Crippen LogP) is 5.69. The molecule has 22 heavy (non-hydrogen) atoms. The second kappa shape index (κ2) is 6.12. The second-order valence-corrected chi connectivity index (χ2v) is 5.75. The third-order valence-electron chi connectivity index (χ3n) is 3.43. The highest BCUT2D eigenvalue weighted by atomic mass is 79.9. The summed E-state index contributed by atoms with van der Waals surface area (Å²) in [6.07, 6.45) is 0. The molecule has 3 aromatic rings. The van der Waals surface area contributed by atoms with E-state index in [2.05, 4.69) is 15.9 Å². The Morgan fingerprint density at radius 1 is 0.773 bits per heavy atom. The van der Waals surface area contributed by atoms with E-state index < -0.39 is 0 Å². The summed E-state index contributed by atoms with van der Waals surface area (Å²) in [6.45, 7) is 0. The van der Waals surface area contributed by atoms with Crippen molar-refractivity contribution in [1.82, 2.24) is 0 Å². The van der Waals surface area contributed by atoms with Gasteiger partial charge in [-0.2, -0.15) is 0 Å². The monoisotopic (exact) mass is 353 g/mol. The fourth-order valence-corrected chi connectivity index (χ4v) is 2.93. The lowest BCUT2D eigenvalue weighted by atomic mass is 9.96. The van der Waals surface area contributed by atoms with Crippen LogP contribution in [0.4, 0.5) is 5.69 Å². The molecule has 108 valence electrons. The van der Waals surface area contributed by atoms with E-state index in [0.717, 1.165) is 15.6 Å². The zero-order valence-corrected chi connectivity index (χ0v) is 13.2. The van der Waals surface area contributed by atoms with Crippen molar-refractivity contribution in [1.29, 1.82) is 0 Å². The summed E-state index contributed by atoms with van der Waals surface area (Å²) in [6, 6.07) is 22.4. The van der Waals surface area contributed by atoms with Crippen molar-refractivity contribution in [2.24, 2.45) is 0 Å². The van der Waals surface area contributed by atoms with Gasteiger partial charge in [0, 0.05) is 4.47 Å². The van der Waals surface area contributed by atoms with Crippen molar-refractivity contribution in [2.75, 3.05) is 0 Å². The normalized spacial score (nSPS) is 10.4. The molecular formula is C18H12BrNO2. The van der Waals surface area contributed by atoms with E-state index in [4.69, 9.17) is 0 Å². The van der Waals surface area contributed by atoms with E-state index in [1.807, 2.05) is 60.7 Å². The summed E-state index contributed by atoms with van der Waals surface area (Å²) >= 11 is 3.47. The summed E-state index contributed by atoms with van der Waals surface area (Å²) in [7, 11) is 0. The molecule has 3 rings (SSSR count). The van der Waals surface area contributed by atoms with E-state index in [1.165, 1.54) is 0 Å². The second-order valence-electron chi connectivity index (χ2n) is 4.84. The summed E-state index contributed by atoms with van der Waals surface area (Å²) in [5, 5.41) is 11.7. The molecule has 0 spiro atoms. The van der Waals surface area contributed by atoms with Gasteiger partial charge < -0.3 is 0 Å². The number of nitro benzene ring substituents is 1. The SMILES string of the molecule is O=[N+]([O-])c1c(-c2ccccc2)cc(Br)cc1-c1ccccc1. The highest BCUT2D eigenvalue weighted by Gasteiger charge is 2.22. The van der Waals surface area contributed by atoms with Crippen LogP contribution in [0.3, 0.4) is 0 Å². The maximum absolute atomic E-state index is 11.7. The third kappa shape index (κ3) is 2.78. The van der Waals surface area contributed by atoms with Crippen LogP contribution in [0.2, 0.25) is 0 Å². The van der Waals surface area contributed by atoms with Crippen molar-refractivity contribution in [3.05, 3.63) is 87.4 Å². The van der Waals surface area contributed by atoms with Crippen LogP contribution >= 0.6 is 15.9 Å². The molecule has 0 bridgehead atoms. The van der Waals surface area contributed by atoms with Gasteiger partial charge >= 0.3 is 0 Å². The van der Waals surface area contributed by atoms with Crippen LogP contribution in [-0.4, -0.2) is 4.92 Å². The number of nitrogens with zero attached hydrogens (tertiary/aromatic N) is 1. The highest BCUT2D eigenvalue weighted by Crippen LogP contribution is 2.40. The number of benzene rings is 3. The van der Waals surface area contributed by atoms with Crippen LogP contribution in [-0.2, 0) is 0 Å². The minimum atomic E-state index is -0.308. The maximum Gasteiger partial charge on any atom is 0.285 e. The average molecular weight is 354 g/mol.